The van der Waals surface area contributed by atoms with Crippen molar-refractivity contribution in [2.75, 3.05) is 0 Å². The van der Waals surface area contributed by atoms with Crippen LogP contribution in [-0.4, -0.2) is 22.6 Å². The molecule has 0 saturated carbocycles. The van der Waals surface area contributed by atoms with Crippen LogP contribution in [0.5, 0.6) is 0 Å². The van der Waals surface area contributed by atoms with Crippen LogP contribution in [0.15, 0.2) is 69.3 Å². The van der Waals surface area contributed by atoms with Gasteiger partial charge in [-0.2, -0.15) is 4.99 Å². The first-order valence-corrected chi connectivity index (χ1v) is 7.37. The van der Waals surface area contributed by atoms with Crippen LogP contribution in [0.3, 0.4) is 0 Å². The Morgan fingerprint density at radius 3 is 2.75 bits per heavy atom. The van der Waals surface area contributed by atoms with Crippen LogP contribution < -0.4 is 0 Å². The summed E-state index contributed by atoms with van der Waals surface area (Å²) in [6.07, 6.45) is 3.12. The SMILES string of the molecule is CC1=CC2=NC(=O)/C(=C\c3ccc(-c4ccccc4)o3)C(=N)N2O1. The molecule has 0 spiro atoms. The molecule has 2 aliphatic heterocycles. The Balaban J connectivity index is 1.66. The van der Waals surface area contributed by atoms with Gasteiger partial charge in [0.25, 0.3) is 5.91 Å². The largest absolute Gasteiger partial charge is 0.457 e. The summed E-state index contributed by atoms with van der Waals surface area (Å²) in [5.74, 6) is 1.52. The van der Waals surface area contributed by atoms with Crippen molar-refractivity contribution in [1.29, 1.82) is 5.41 Å². The molecule has 0 saturated heterocycles. The van der Waals surface area contributed by atoms with Crippen LogP contribution in [0, 0.1) is 5.41 Å². The number of aliphatic imine (C=N–C) groups is 1. The molecule has 0 unspecified atom stereocenters. The van der Waals surface area contributed by atoms with Crippen LogP contribution in [0.25, 0.3) is 17.4 Å². The number of benzene rings is 1. The van der Waals surface area contributed by atoms with Gasteiger partial charge in [0.05, 0.1) is 5.57 Å². The minimum Gasteiger partial charge on any atom is -0.457 e. The molecule has 0 fully saturated rings. The number of amides is 1. The maximum atomic E-state index is 12.2. The van der Waals surface area contributed by atoms with Gasteiger partial charge in [-0.1, -0.05) is 30.3 Å². The van der Waals surface area contributed by atoms with Gasteiger partial charge < -0.3 is 9.25 Å². The Hall–Kier alpha value is -3.41. The van der Waals surface area contributed by atoms with E-state index in [9.17, 15) is 4.79 Å². The predicted octanol–water partition coefficient (Wildman–Crippen LogP) is 3.40. The van der Waals surface area contributed by atoms with Crippen molar-refractivity contribution in [3.63, 3.8) is 0 Å². The quantitative estimate of drug-likeness (QED) is 0.860. The molecule has 1 amide bonds. The van der Waals surface area contributed by atoms with E-state index in [0.717, 1.165) is 5.56 Å². The lowest BCUT2D eigenvalue weighted by Gasteiger charge is -2.22. The average Bonchev–Trinajstić information content (AvgIpc) is 3.19. The number of furan rings is 1. The Bertz CT molecular complexity index is 935. The summed E-state index contributed by atoms with van der Waals surface area (Å²) >= 11 is 0. The highest BCUT2D eigenvalue weighted by molar-refractivity contribution is 6.32. The first-order chi connectivity index (χ1) is 11.6. The molecule has 0 radical (unpaired) electrons. The average molecular weight is 319 g/mol. The summed E-state index contributed by atoms with van der Waals surface area (Å²) < 4.78 is 5.76. The van der Waals surface area contributed by atoms with Gasteiger partial charge in [-0.3, -0.25) is 10.2 Å². The molecule has 3 heterocycles. The third-order valence-corrected chi connectivity index (χ3v) is 3.65. The first-order valence-electron chi connectivity index (χ1n) is 7.37. The third-order valence-electron chi connectivity index (χ3n) is 3.65. The van der Waals surface area contributed by atoms with Crippen molar-refractivity contribution in [3.05, 3.63) is 65.6 Å². The van der Waals surface area contributed by atoms with Crippen molar-refractivity contribution in [2.45, 2.75) is 6.92 Å². The molecular formula is C18H13N3O3. The number of hydrogen-bond donors (Lipinski definition) is 1. The van der Waals surface area contributed by atoms with E-state index in [1.165, 1.54) is 11.1 Å². The van der Waals surface area contributed by atoms with Crippen molar-refractivity contribution in [2.24, 2.45) is 4.99 Å². The molecular weight excluding hydrogens is 306 g/mol. The lowest BCUT2D eigenvalue weighted by Crippen LogP contribution is -2.38. The van der Waals surface area contributed by atoms with Crippen molar-refractivity contribution in [1.82, 2.24) is 5.06 Å². The minimum absolute atomic E-state index is 0.0595. The molecule has 2 aromatic rings. The van der Waals surface area contributed by atoms with Gasteiger partial charge >= 0.3 is 0 Å². The number of carbonyl (C=O) groups is 1. The van der Waals surface area contributed by atoms with Crippen LogP contribution in [0.4, 0.5) is 0 Å². The predicted molar refractivity (Wildman–Crippen MR) is 89.0 cm³/mol. The lowest BCUT2D eigenvalue weighted by molar-refractivity contribution is -0.114. The third kappa shape index (κ3) is 2.34. The lowest BCUT2D eigenvalue weighted by atomic mass is 10.1. The van der Waals surface area contributed by atoms with Crippen molar-refractivity contribution in [3.8, 4) is 11.3 Å². The van der Waals surface area contributed by atoms with E-state index >= 15 is 0 Å². The molecule has 1 aromatic heterocycles. The van der Waals surface area contributed by atoms with Crippen molar-refractivity contribution >= 4 is 23.7 Å². The van der Waals surface area contributed by atoms with Crippen LogP contribution in [0.2, 0.25) is 0 Å². The van der Waals surface area contributed by atoms with Gasteiger partial charge in [-0.15, -0.1) is 5.06 Å². The second-order valence-electron chi connectivity index (χ2n) is 5.39. The molecule has 1 aromatic carbocycles. The van der Waals surface area contributed by atoms with Gasteiger partial charge in [-0.25, -0.2) is 0 Å². The zero-order valence-corrected chi connectivity index (χ0v) is 12.8. The second-order valence-corrected chi connectivity index (χ2v) is 5.39. The summed E-state index contributed by atoms with van der Waals surface area (Å²) in [6, 6.07) is 13.2. The topological polar surface area (TPSA) is 78.9 Å². The van der Waals surface area contributed by atoms with E-state index in [4.69, 9.17) is 14.7 Å². The number of allylic oxidation sites excluding steroid dienone is 1. The highest BCUT2D eigenvalue weighted by Crippen LogP contribution is 2.26. The zero-order chi connectivity index (χ0) is 16.7. The summed E-state index contributed by atoms with van der Waals surface area (Å²) in [5.41, 5.74) is 1.06. The number of rotatable bonds is 2. The Morgan fingerprint density at radius 1 is 1.17 bits per heavy atom. The fraction of sp³-hybridized carbons (Fsp3) is 0.0556. The van der Waals surface area contributed by atoms with E-state index in [1.54, 1.807) is 19.1 Å². The van der Waals surface area contributed by atoms with E-state index in [-0.39, 0.29) is 11.4 Å². The first kappa shape index (κ1) is 14.2. The summed E-state index contributed by atoms with van der Waals surface area (Å²) in [4.78, 5) is 21.5. The maximum Gasteiger partial charge on any atom is 0.283 e. The Morgan fingerprint density at radius 2 is 1.96 bits per heavy atom. The smallest absolute Gasteiger partial charge is 0.283 e. The summed E-state index contributed by atoms with van der Waals surface area (Å²) in [5, 5.41) is 9.40. The van der Waals surface area contributed by atoms with E-state index < -0.39 is 5.91 Å². The highest BCUT2D eigenvalue weighted by Gasteiger charge is 2.34. The molecule has 2 aliphatic rings. The molecule has 6 heteroatoms. The number of carbonyl (C=O) groups excluding carboxylic acids is 1. The zero-order valence-electron chi connectivity index (χ0n) is 12.8. The van der Waals surface area contributed by atoms with Gasteiger partial charge in [0, 0.05) is 11.6 Å². The minimum atomic E-state index is -0.488. The number of fused-ring (bicyclic) bond motifs is 1. The molecule has 118 valence electrons. The normalized spacial score (nSPS) is 18.4. The van der Waals surface area contributed by atoms with E-state index in [1.807, 2.05) is 36.4 Å². The van der Waals surface area contributed by atoms with E-state index in [0.29, 0.717) is 23.1 Å². The number of hydroxylamine groups is 2. The molecule has 6 nitrogen and oxygen atoms in total. The molecule has 24 heavy (non-hydrogen) atoms. The maximum absolute atomic E-state index is 12.2. The second kappa shape index (κ2) is 5.34. The van der Waals surface area contributed by atoms with Crippen LogP contribution in [-0.2, 0) is 9.63 Å². The summed E-state index contributed by atoms with van der Waals surface area (Å²) in [7, 11) is 0. The number of amidine groups is 2. The van der Waals surface area contributed by atoms with Gasteiger partial charge in [0.1, 0.15) is 17.3 Å². The van der Waals surface area contributed by atoms with Crippen LogP contribution in [0.1, 0.15) is 12.7 Å². The van der Waals surface area contributed by atoms with E-state index in [2.05, 4.69) is 4.99 Å². The standard InChI is InChI=1S/C18H13N3O3/c1-11-9-16-20-18(22)14(17(19)21(16)24-11)10-13-7-8-15(23-13)12-5-3-2-4-6-12/h2-10,19H,1H3/b14-10-,19-17?. The molecule has 0 atom stereocenters. The fourth-order valence-corrected chi connectivity index (χ4v) is 2.53. The monoisotopic (exact) mass is 319 g/mol. The number of nitrogens with one attached hydrogen (secondary N) is 1. The molecule has 0 aliphatic carbocycles. The Labute approximate surface area is 137 Å². The number of hydrogen-bond acceptors (Lipinski definition) is 4. The van der Waals surface area contributed by atoms with Gasteiger partial charge in [-0.05, 0) is 25.1 Å². The van der Waals surface area contributed by atoms with Gasteiger partial charge in [0.2, 0.25) is 0 Å². The summed E-state index contributed by atoms with van der Waals surface area (Å²) in [6.45, 7) is 1.74. The molecule has 1 N–H and O–H groups in total. The van der Waals surface area contributed by atoms with Gasteiger partial charge in [0.15, 0.2) is 11.7 Å². The Kier molecular flexibility index (Phi) is 3.16. The highest BCUT2D eigenvalue weighted by atomic mass is 16.7. The molecule has 4 rings (SSSR count). The van der Waals surface area contributed by atoms with Crippen LogP contribution >= 0.6 is 0 Å². The molecule has 0 bridgehead atoms. The fourth-order valence-electron chi connectivity index (χ4n) is 2.53. The number of nitrogens with zero attached hydrogens (tertiary/aromatic N) is 2. The van der Waals surface area contributed by atoms with Crippen molar-refractivity contribution < 1.29 is 14.0 Å².